The minimum Gasteiger partial charge on any atom is -0.396 e. The second-order valence-corrected chi connectivity index (χ2v) is 25.8. The van der Waals surface area contributed by atoms with E-state index in [0.717, 1.165) is 24.8 Å². The Balaban J connectivity index is 0.989. The summed E-state index contributed by atoms with van der Waals surface area (Å²) in [6.45, 7) is 10.1. The summed E-state index contributed by atoms with van der Waals surface area (Å²) in [5, 5.41) is 163. The molecule has 4 heterocycles. The van der Waals surface area contributed by atoms with Crippen LogP contribution in [0.4, 0.5) is 0 Å². The Morgan fingerprint density at radius 1 is 0.571 bits per heavy atom. The van der Waals surface area contributed by atoms with E-state index in [2.05, 4.69) is 46.8 Å². The predicted molar refractivity (Wildman–Crippen MR) is 264 cm³/mol. The summed E-state index contributed by atoms with van der Waals surface area (Å²) in [5.41, 5.74) is -0.442. The quantitative estimate of drug-likeness (QED) is 0.0789. The van der Waals surface area contributed by atoms with Gasteiger partial charge < -0.3 is 114 Å². The maximum atomic E-state index is 12.2. The van der Waals surface area contributed by atoms with Crippen molar-refractivity contribution in [1.82, 2.24) is 0 Å². The lowest BCUT2D eigenvalue weighted by atomic mass is 9.35. The molecule has 3 saturated carbocycles. The van der Waals surface area contributed by atoms with Gasteiger partial charge in [-0.2, -0.15) is 0 Å². The Morgan fingerprint density at radius 3 is 1.71 bits per heavy atom. The van der Waals surface area contributed by atoms with Gasteiger partial charge in [0.05, 0.1) is 64.1 Å². The monoisotopic (exact) mass is 1100 g/mol. The standard InChI is InChI=1S/C54H88O23/c1-49(2)13-14-54(23-59)26(16-49)25-7-8-32-50(3)11-10-34(51(4,22-58)31(50)9-12-52(32,5)53(25,6)17-33(54)61)75-48-43(76-45-41(68)38(65)35(62)28(18-55)72-45)27(60)15-24(71-48)21-70-47-44(40(67)37(64)30(20-57)74-47)77-46-42(69)39(66)36(63)29(19-56)73-46/h7-8,24,27-48,55-69H,9-23H2,1-6H3/t24-,27-,28+,29+,30+,31+,32+,33-,34-,35+,36+,37+,38-,39-,40-,41+,42+,43+,44+,45-,46-,47+,48-,50-,51-,52+,53+,54+/m0/s1. The summed E-state index contributed by atoms with van der Waals surface area (Å²) in [7, 11) is 0. The molecule has 77 heavy (non-hydrogen) atoms. The van der Waals surface area contributed by atoms with Gasteiger partial charge in [0, 0.05) is 22.7 Å². The highest BCUT2D eigenvalue weighted by atomic mass is 16.8. The van der Waals surface area contributed by atoms with Crippen LogP contribution in [-0.2, 0) is 37.9 Å². The highest BCUT2D eigenvalue weighted by molar-refractivity contribution is 5.47. The summed E-state index contributed by atoms with van der Waals surface area (Å²) >= 11 is 0. The molecule has 0 aromatic carbocycles. The van der Waals surface area contributed by atoms with Crippen molar-refractivity contribution in [2.75, 3.05) is 39.6 Å². The molecule has 0 spiro atoms. The molecule has 9 rings (SSSR count). The van der Waals surface area contributed by atoms with Crippen molar-refractivity contribution in [3.8, 4) is 0 Å². The molecule has 23 nitrogen and oxygen atoms in total. The van der Waals surface area contributed by atoms with Crippen molar-refractivity contribution in [2.45, 2.75) is 228 Å². The molecule has 0 amide bonds. The topological polar surface area (TPSA) is 377 Å². The first-order valence-corrected chi connectivity index (χ1v) is 27.7. The highest BCUT2D eigenvalue weighted by Crippen LogP contribution is 2.74. The van der Waals surface area contributed by atoms with E-state index in [1.165, 1.54) is 5.57 Å². The normalized spacial score (nSPS) is 53.8. The van der Waals surface area contributed by atoms with E-state index in [1.807, 2.05) is 6.92 Å². The number of rotatable bonds is 14. The highest BCUT2D eigenvalue weighted by Gasteiger charge is 2.69. The molecule has 28 atom stereocenters. The van der Waals surface area contributed by atoms with Crippen molar-refractivity contribution in [3.63, 3.8) is 0 Å². The summed E-state index contributed by atoms with van der Waals surface area (Å²) in [6, 6.07) is 0. The zero-order chi connectivity index (χ0) is 56.1. The van der Waals surface area contributed by atoms with E-state index < -0.39 is 177 Å². The number of aliphatic hydroxyl groups is 15. The molecule has 9 aliphatic rings. The molecule has 4 aliphatic heterocycles. The summed E-state index contributed by atoms with van der Waals surface area (Å²) in [4.78, 5) is 0. The second-order valence-electron chi connectivity index (χ2n) is 25.8. The zero-order valence-corrected chi connectivity index (χ0v) is 45.0. The molecule has 0 aromatic rings. The fourth-order valence-corrected chi connectivity index (χ4v) is 15.9. The van der Waals surface area contributed by atoms with E-state index >= 15 is 0 Å². The Hall–Kier alpha value is -1.44. The Bertz CT molecular complexity index is 2110. The van der Waals surface area contributed by atoms with Crippen LogP contribution in [0.15, 0.2) is 23.3 Å². The van der Waals surface area contributed by atoms with Crippen LogP contribution in [0.2, 0.25) is 0 Å². The third-order valence-electron chi connectivity index (χ3n) is 21.0. The average molecular weight is 1110 g/mol. The SMILES string of the molecule is CC1(C)CC[C@@]2(CO)C(=C3C=C[C@@H]4[C@@]5(C)CC[C@H](O[C@@H]6O[C@H](CO[C@@H]7O[C@H](CO)[C@@H](O)[C@H](O)[C@H]7O[C@@H]7O[C@H](CO)[C@@H](O)[C@H](O)[C@H]7O)C[C@H](O)[C@H]6O[C@@H]6O[C@H](CO)[C@@H](O)[C@H](O)[C@H]6O)[C@@](C)(CO)[C@@H]5CC[C@@]4(C)[C@]3(C)C[C@@H]2O)C1. The van der Waals surface area contributed by atoms with Gasteiger partial charge in [-0.3, -0.25) is 0 Å². The first kappa shape index (κ1) is 60.2. The molecular weight excluding hydrogens is 1020 g/mol. The van der Waals surface area contributed by atoms with Crippen LogP contribution in [0.1, 0.15) is 99.3 Å². The van der Waals surface area contributed by atoms with E-state index in [1.54, 1.807) is 0 Å². The molecule has 442 valence electrons. The van der Waals surface area contributed by atoms with Gasteiger partial charge in [0.25, 0.3) is 0 Å². The number of allylic oxidation sites excluding steroid dienone is 3. The Kier molecular flexibility index (Phi) is 17.4. The lowest BCUT2D eigenvalue weighted by Gasteiger charge is -2.70. The molecular formula is C54H88O23. The van der Waals surface area contributed by atoms with Gasteiger partial charge in [-0.25, -0.2) is 0 Å². The summed E-state index contributed by atoms with van der Waals surface area (Å²) < 4.78 is 48.7. The molecule has 0 unspecified atom stereocenters. The van der Waals surface area contributed by atoms with Crippen LogP contribution in [0.25, 0.3) is 0 Å². The molecule has 15 N–H and O–H groups in total. The molecule has 7 fully saturated rings. The first-order valence-electron chi connectivity index (χ1n) is 27.7. The molecule has 0 bridgehead atoms. The van der Waals surface area contributed by atoms with Crippen LogP contribution in [0.3, 0.4) is 0 Å². The number of hydrogen-bond donors (Lipinski definition) is 15. The van der Waals surface area contributed by atoms with Crippen LogP contribution in [0.5, 0.6) is 0 Å². The molecule has 4 saturated heterocycles. The fourth-order valence-electron chi connectivity index (χ4n) is 15.9. The maximum Gasteiger partial charge on any atom is 0.187 e. The van der Waals surface area contributed by atoms with E-state index in [4.69, 9.17) is 37.9 Å². The number of ether oxygens (including phenoxy) is 8. The number of aliphatic hydroxyl groups excluding tert-OH is 15. The van der Waals surface area contributed by atoms with E-state index in [-0.39, 0.29) is 42.3 Å². The minimum atomic E-state index is -1.92. The van der Waals surface area contributed by atoms with Crippen LogP contribution in [-0.4, -0.2) is 245 Å². The number of fused-ring (bicyclic) bond motifs is 6. The van der Waals surface area contributed by atoms with Crippen molar-refractivity contribution in [1.29, 1.82) is 0 Å². The van der Waals surface area contributed by atoms with Gasteiger partial charge in [0.15, 0.2) is 25.2 Å². The summed E-state index contributed by atoms with van der Waals surface area (Å²) in [5.74, 6) is -0.154. The average Bonchev–Trinajstić information content (AvgIpc) is 3.57. The van der Waals surface area contributed by atoms with Gasteiger partial charge in [-0.05, 0) is 85.0 Å². The Labute approximate surface area is 448 Å². The second kappa shape index (κ2) is 22.3. The summed E-state index contributed by atoms with van der Waals surface area (Å²) in [6.07, 6.45) is -23.1. The third-order valence-corrected chi connectivity index (χ3v) is 21.0. The third kappa shape index (κ3) is 9.96. The lowest BCUT2D eigenvalue weighted by Crippen LogP contribution is -2.66. The lowest BCUT2D eigenvalue weighted by molar-refractivity contribution is -0.380. The van der Waals surface area contributed by atoms with E-state index in [9.17, 15) is 76.6 Å². The largest absolute Gasteiger partial charge is 0.396 e. The fraction of sp³-hybridized carbons (Fsp3) is 0.926. The van der Waals surface area contributed by atoms with Crippen LogP contribution >= 0.6 is 0 Å². The maximum absolute atomic E-state index is 12.2. The smallest absolute Gasteiger partial charge is 0.187 e. The van der Waals surface area contributed by atoms with Crippen molar-refractivity contribution in [3.05, 3.63) is 23.3 Å². The zero-order valence-electron chi connectivity index (χ0n) is 45.0. The molecule has 23 heteroatoms. The Morgan fingerprint density at radius 2 is 1.14 bits per heavy atom. The van der Waals surface area contributed by atoms with Crippen LogP contribution in [0, 0.1) is 44.3 Å². The van der Waals surface area contributed by atoms with Crippen LogP contribution < -0.4 is 0 Å². The molecule has 5 aliphatic carbocycles. The number of hydrogen-bond acceptors (Lipinski definition) is 23. The molecule has 0 radical (unpaired) electrons. The predicted octanol–water partition coefficient (Wildman–Crippen LogP) is -2.67. The van der Waals surface area contributed by atoms with Crippen molar-refractivity contribution >= 4 is 0 Å². The van der Waals surface area contributed by atoms with Crippen molar-refractivity contribution < 1.29 is 114 Å². The van der Waals surface area contributed by atoms with Gasteiger partial charge in [0.2, 0.25) is 0 Å². The van der Waals surface area contributed by atoms with Crippen molar-refractivity contribution in [2.24, 2.45) is 44.3 Å². The van der Waals surface area contributed by atoms with Gasteiger partial charge in [-0.1, -0.05) is 59.3 Å². The first-order chi connectivity index (χ1) is 36.2. The van der Waals surface area contributed by atoms with E-state index in [0.29, 0.717) is 32.1 Å². The molecule has 0 aromatic heterocycles. The van der Waals surface area contributed by atoms with Gasteiger partial charge in [-0.15, -0.1) is 0 Å². The van der Waals surface area contributed by atoms with Gasteiger partial charge in [0.1, 0.15) is 79.4 Å². The van der Waals surface area contributed by atoms with Gasteiger partial charge >= 0.3 is 0 Å². The minimum absolute atomic E-state index is 0.000487.